The van der Waals surface area contributed by atoms with Gasteiger partial charge >= 0.3 is 6.18 Å². The molecule has 1 aromatic heterocycles. The zero-order chi connectivity index (χ0) is 20.5. The summed E-state index contributed by atoms with van der Waals surface area (Å²) in [5.41, 5.74) is -1.05. The summed E-state index contributed by atoms with van der Waals surface area (Å²) in [5, 5.41) is 21.0. The molecule has 0 radical (unpaired) electrons. The van der Waals surface area contributed by atoms with E-state index >= 15 is 0 Å². The highest BCUT2D eigenvalue weighted by Crippen LogP contribution is 2.58. The molecule has 0 aromatic carbocycles. The van der Waals surface area contributed by atoms with Gasteiger partial charge in [0.05, 0.1) is 40.5 Å². The van der Waals surface area contributed by atoms with Gasteiger partial charge in [-0.2, -0.15) is 23.4 Å². The zero-order valence-corrected chi connectivity index (χ0v) is 15.1. The van der Waals surface area contributed by atoms with E-state index in [1.54, 1.807) is 0 Å². The topological polar surface area (TPSA) is 97.5 Å². The quantitative estimate of drug-likeness (QED) is 0.742. The molecular weight excluding hydrogens is 401 g/mol. The van der Waals surface area contributed by atoms with Gasteiger partial charge in [0.25, 0.3) is 11.8 Å². The Morgan fingerprint density at radius 2 is 1.93 bits per heavy atom. The zero-order valence-electron chi connectivity index (χ0n) is 14.4. The molecule has 2 aliphatic carbocycles. The number of anilines is 1. The smallest absolute Gasteiger partial charge is 0.391 e. The van der Waals surface area contributed by atoms with Gasteiger partial charge in [-0.25, -0.2) is 4.98 Å². The maximum atomic E-state index is 12.9. The molecule has 2 saturated carbocycles. The number of hydrogen-bond donors (Lipinski definition) is 1. The van der Waals surface area contributed by atoms with E-state index in [9.17, 15) is 33.1 Å². The van der Waals surface area contributed by atoms with E-state index in [0.717, 1.165) is 10.0 Å². The van der Waals surface area contributed by atoms with Crippen LogP contribution in [0.1, 0.15) is 12.0 Å². The van der Waals surface area contributed by atoms with Crippen molar-refractivity contribution < 1.29 is 27.9 Å². The lowest BCUT2D eigenvalue weighted by atomic mass is 9.74. The lowest BCUT2D eigenvalue weighted by Gasteiger charge is -2.29. The molecule has 1 aromatic rings. The first kappa shape index (κ1) is 19.0. The van der Waals surface area contributed by atoms with Crippen molar-refractivity contribution in [2.24, 2.45) is 29.6 Å². The molecule has 0 spiro atoms. The van der Waals surface area contributed by atoms with Crippen LogP contribution in [0.4, 0.5) is 19.0 Å². The molecule has 3 aliphatic rings. The second kappa shape index (κ2) is 6.06. The fourth-order valence-corrected chi connectivity index (χ4v) is 5.12. The Kier molecular flexibility index (Phi) is 4.10. The SMILES string of the molecule is CN(c1ncc(C(F)(F)F)cc1Cl)N1C(=O)[C@@H]2[C@H]3C[C@@H]([C@H](C#N)[C@@H]3O)[C@@H]2C1=O. The van der Waals surface area contributed by atoms with Crippen molar-refractivity contribution in [1.82, 2.24) is 9.99 Å². The number of nitriles is 1. The molecule has 1 N–H and O–H groups in total. The summed E-state index contributed by atoms with van der Waals surface area (Å²) in [7, 11) is 1.30. The molecule has 0 unspecified atom stereocenters. The van der Waals surface area contributed by atoms with Crippen molar-refractivity contribution in [3.63, 3.8) is 0 Å². The van der Waals surface area contributed by atoms with E-state index in [1.807, 2.05) is 6.07 Å². The van der Waals surface area contributed by atoms with Gasteiger partial charge in [0.2, 0.25) is 0 Å². The van der Waals surface area contributed by atoms with E-state index in [4.69, 9.17) is 11.6 Å². The second-order valence-electron chi connectivity index (χ2n) is 7.30. The fraction of sp³-hybridized carbons (Fsp3) is 0.529. The molecule has 1 saturated heterocycles. The number of amides is 2. The van der Waals surface area contributed by atoms with Crippen LogP contribution in [0.3, 0.4) is 0 Å². The predicted octanol–water partition coefficient (Wildman–Crippen LogP) is 1.86. The van der Waals surface area contributed by atoms with Crippen LogP contribution in [0.25, 0.3) is 0 Å². The molecule has 2 amide bonds. The molecule has 2 heterocycles. The first-order valence-electron chi connectivity index (χ1n) is 8.49. The van der Waals surface area contributed by atoms with Crippen LogP contribution < -0.4 is 5.01 Å². The summed E-state index contributed by atoms with van der Waals surface area (Å²) in [6.07, 6.45) is -4.62. The maximum Gasteiger partial charge on any atom is 0.417 e. The fourth-order valence-electron chi connectivity index (χ4n) is 4.83. The summed E-state index contributed by atoms with van der Waals surface area (Å²) in [5.74, 6) is -4.45. The number of aliphatic hydroxyl groups excluding tert-OH is 1. The van der Waals surface area contributed by atoms with Crippen molar-refractivity contribution in [1.29, 1.82) is 5.26 Å². The Bertz CT molecular complexity index is 918. The van der Waals surface area contributed by atoms with Crippen LogP contribution in [0.15, 0.2) is 12.3 Å². The van der Waals surface area contributed by atoms with E-state index in [0.29, 0.717) is 18.7 Å². The largest absolute Gasteiger partial charge is 0.417 e. The van der Waals surface area contributed by atoms with Gasteiger partial charge in [0, 0.05) is 13.2 Å². The van der Waals surface area contributed by atoms with Gasteiger partial charge in [0.15, 0.2) is 5.82 Å². The number of alkyl halides is 3. The maximum absolute atomic E-state index is 12.9. The third-order valence-corrected chi connectivity index (χ3v) is 6.29. The molecule has 11 heteroatoms. The molecule has 7 nitrogen and oxygen atoms in total. The highest BCUT2D eigenvalue weighted by Gasteiger charge is 2.68. The third kappa shape index (κ3) is 2.42. The summed E-state index contributed by atoms with van der Waals surface area (Å²) in [6, 6.07) is 2.68. The molecule has 1 aliphatic heterocycles. The summed E-state index contributed by atoms with van der Waals surface area (Å²) in [4.78, 5) is 29.5. The first-order chi connectivity index (χ1) is 13.1. The molecule has 148 valence electrons. The molecule has 3 fully saturated rings. The van der Waals surface area contributed by atoms with Crippen molar-refractivity contribution >= 4 is 29.2 Å². The van der Waals surface area contributed by atoms with E-state index in [2.05, 4.69) is 4.98 Å². The van der Waals surface area contributed by atoms with Gasteiger partial charge in [0.1, 0.15) is 0 Å². The minimum absolute atomic E-state index is 0.180. The van der Waals surface area contributed by atoms with Gasteiger partial charge in [-0.3, -0.25) is 14.6 Å². The Morgan fingerprint density at radius 1 is 1.32 bits per heavy atom. The average molecular weight is 415 g/mol. The number of carbonyl (C=O) groups is 2. The predicted molar refractivity (Wildman–Crippen MR) is 88.2 cm³/mol. The number of fused-ring (bicyclic) bond motifs is 5. The van der Waals surface area contributed by atoms with Gasteiger partial charge in [-0.05, 0) is 24.3 Å². The Labute approximate surface area is 162 Å². The number of aliphatic hydroxyl groups is 1. The average Bonchev–Trinajstić information content (AvgIpc) is 3.23. The van der Waals surface area contributed by atoms with Crippen LogP contribution in [0, 0.1) is 40.9 Å². The van der Waals surface area contributed by atoms with Gasteiger partial charge in [-0.1, -0.05) is 11.6 Å². The van der Waals surface area contributed by atoms with Gasteiger partial charge in [-0.15, -0.1) is 0 Å². The van der Waals surface area contributed by atoms with Crippen molar-refractivity contribution in [3.8, 4) is 6.07 Å². The first-order valence-corrected chi connectivity index (χ1v) is 8.87. The van der Waals surface area contributed by atoms with E-state index < -0.39 is 59.2 Å². The summed E-state index contributed by atoms with van der Waals surface area (Å²) < 4.78 is 38.4. The summed E-state index contributed by atoms with van der Waals surface area (Å²) >= 11 is 5.93. The summed E-state index contributed by atoms with van der Waals surface area (Å²) in [6.45, 7) is 0. The standard InChI is InChI=1S/C17H14ClF3N4O3/c1-24(14-10(18)2-6(5-23-14)17(19,20)21)25-15(27)11-7-3-8(12(11)16(25)28)13(26)9(7)4-22/h2,5,7-9,11-13,26H,3H2,1H3/t7-,8+,9-,11-,12+,13+/m0/s1. The van der Waals surface area contributed by atoms with Crippen LogP contribution in [0.2, 0.25) is 5.02 Å². The van der Waals surface area contributed by atoms with E-state index in [1.165, 1.54) is 7.05 Å². The van der Waals surface area contributed by atoms with Crippen molar-refractivity contribution in [3.05, 3.63) is 22.8 Å². The third-order valence-electron chi connectivity index (χ3n) is 6.01. The lowest BCUT2D eigenvalue weighted by Crippen LogP contribution is -2.46. The van der Waals surface area contributed by atoms with Crippen LogP contribution >= 0.6 is 11.6 Å². The minimum Gasteiger partial charge on any atom is -0.391 e. The molecule has 4 rings (SSSR count). The highest BCUT2D eigenvalue weighted by molar-refractivity contribution is 6.33. The monoisotopic (exact) mass is 414 g/mol. The van der Waals surface area contributed by atoms with Gasteiger partial charge < -0.3 is 5.11 Å². The van der Waals surface area contributed by atoms with Crippen molar-refractivity contribution in [2.75, 3.05) is 12.1 Å². The number of nitrogens with zero attached hydrogens (tertiary/aromatic N) is 4. The number of aromatic nitrogens is 1. The number of hydrazine groups is 1. The Morgan fingerprint density at radius 3 is 2.46 bits per heavy atom. The number of carbonyl (C=O) groups excluding carboxylic acids is 2. The number of pyridine rings is 1. The second-order valence-corrected chi connectivity index (χ2v) is 7.71. The number of rotatable bonds is 2. The van der Waals surface area contributed by atoms with Crippen LogP contribution in [-0.4, -0.2) is 40.1 Å². The Balaban J connectivity index is 1.65. The van der Waals surface area contributed by atoms with Crippen LogP contribution in [0.5, 0.6) is 0 Å². The Hall–Kier alpha value is -2.38. The number of imide groups is 1. The highest BCUT2D eigenvalue weighted by atomic mass is 35.5. The molecular formula is C17H14ClF3N4O3. The molecule has 6 atom stereocenters. The molecule has 28 heavy (non-hydrogen) atoms. The van der Waals surface area contributed by atoms with Crippen LogP contribution in [-0.2, 0) is 15.8 Å². The lowest BCUT2D eigenvalue weighted by molar-refractivity contribution is -0.142. The molecule has 2 bridgehead atoms. The minimum atomic E-state index is -4.63. The number of halogens is 4. The number of hydrogen-bond acceptors (Lipinski definition) is 6. The van der Waals surface area contributed by atoms with Crippen molar-refractivity contribution in [2.45, 2.75) is 18.7 Å². The van der Waals surface area contributed by atoms with E-state index in [-0.39, 0.29) is 10.8 Å². The normalized spacial score (nSPS) is 34.0.